The van der Waals surface area contributed by atoms with Crippen molar-refractivity contribution in [1.29, 1.82) is 0 Å². The van der Waals surface area contributed by atoms with Crippen LogP contribution in [0.1, 0.15) is 28.4 Å². The molecule has 7 nitrogen and oxygen atoms in total. The van der Waals surface area contributed by atoms with Crippen molar-refractivity contribution < 1.29 is 5.11 Å². The Bertz CT molecular complexity index is 1820. The Hall–Kier alpha value is -4.69. The number of benzene rings is 4. The van der Waals surface area contributed by atoms with Crippen LogP contribution in [-0.2, 0) is 0 Å². The van der Waals surface area contributed by atoms with Crippen LogP contribution < -0.4 is 10.2 Å². The summed E-state index contributed by atoms with van der Waals surface area (Å²) in [5, 5.41) is 19.7. The number of phenols is 1. The summed E-state index contributed by atoms with van der Waals surface area (Å²) in [4.78, 5) is 12.4. The predicted octanol–water partition coefficient (Wildman–Crippen LogP) is 7.75. The van der Waals surface area contributed by atoms with Crippen LogP contribution in [0.3, 0.4) is 0 Å². The highest BCUT2D eigenvalue weighted by atomic mass is 79.9. The van der Waals surface area contributed by atoms with Crippen molar-refractivity contribution in [2.75, 3.05) is 10.2 Å². The summed E-state index contributed by atoms with van der Waals surface area (Å²) in [5.41, 5.74) is 7.20. The molecule has 0 bridgehead atoms. The maximum Gasteiger partial charge on any atom is 0.179 e. The molecule has 0 aliphatic carbocycles. The number of aromatic nitrogens is 2. The van der Waals surface area contributed by atoms with Crippen molar-refractivity contribution in [2.45, 2.75) is 19.9 Å². The quantitative estimate of drug-likeness (QED) is 0.226. The van der Waals surface area contributed by atoms with Gasteiger partial charge in [0.1, 0.15) is 5.75 Å². The molecule has 7 rings (SSSR count). The van der Waals surface area contributed by atoms with Gasteiger partial charge < -0.3 is 15.3 Å². The highest BCUT2D eigenvalue weighted by Crippen LogP contribution is 2.50. The maximum absolute atomic E-state index is 11.2. The molecule has 2 N–H and O–H groups in total. The second kappa shape index (κ2) is 9.50. The largest absolute Gasteiger partial charge is 0.508 e. The number of aliphatic imine (C=N–C) groups is 2. The highest BCUT2D eigenvalue weighted by Gasteiger charge is 2.42. The number of hydrogen-bond donors (Lipinski definition) is 2. The first-order valence-corrected chi connectivity index (χ1v) is 13.8. The third-order valence-corrected chi connectivity index (χ3v) is 7.73. The van der Waals surface area contributed by atoms with E-state index in [4.69, 9.17) is 15.1 Å². The zero-order valence-electron chi connectivity index (χ0n) is 21.9. The van der Waals surface area contributed by atoms with Gasteiger partial charge in [0, 0.05) is 21.3 Å². The first-order chi connectivity index (χ1) is 19.5. The average molecular weight is 589 g/mol. The Labute approximate surface area is 240 Å². The number of nitrogens with zero attached hydrogens (tertiary/aromatic N) is 5. The molecule has 2 aliphatic heterocycles. The number of para-hydroxylation sites is 3. The van der Waals surface area contributed by atoms with Gasteiger partial charge in [-0.2, -0.15) is 5.10 Å². The summed E-state index contributed by atoms with van der Waals surface area (Å²) in [7, 11) is 0. The fourth-order valence-electron chi connectivity index (χ4n) is 5.36. The number of phenolic OH excluding ortho intramolecular Hbond substituents is 1. The lowest BCUT2D eigenvalue weighted by atomic mass is 9.92. The lowest BCUT2D eigenvalue weighted by molar-refractivity contribution is 0.465. The van der Waals surface area contributed by atoms with Crippen molar-refractivity contribution >= 4 is 50.5 Å². The third kappa shape index (κ3) is 3.99. The molecule has 0 unspecified atom stereocenters. The minimum Gasteiger partial charge on any atom is -0.508 e. The zero-order chi connectivity index (χ0) is 27.4. The smallest absolute Gasteiger partial charge is 0.179 e. The summed E-state index contributed by atoms with van der Waals surface area (Å²) in [6, 6.07) is 31.3. The number of amidine groups is 2. The van der Waals surface area contributed by atoms with Crippen molar-refractivity contribution in [3.05, 3.63) is 124 Å². The lowest BCUT2D eigenvalue weighted by Crippen LogP contribution is -2.46. The molecule has 0 saturated heterocycles. The van der Waals surface area contributed by atoms with E-state index in [-0.39, 0.29) is 5.75 Å². The molecule has 3 heterocycles. The van der Waals surface area contributed by atoms with Crippen LogP contribution in [0.25, 0.3) is 5.69 Å². The Morgan fingerprint density at radius 2 is 1.60 bits per heavy atom. The zero-order valence-corrected chi connectivity index (χ0v) is 23.5. The molecular formula is C32H25BrN6O. The van der Waals surface area contributed by atoms with Crippen molar-refractivity contribution in [3.8, 4) is 11.4 Å². The molecule has 1 aromatic heterocycles. The monoisotopic (exact) mass is 588 g/mol. The Balaban J connectivity index is 1.52. The minimum absolute atomic E-state index is 0.195. The van der Waals surface area contributed by atoms with Gasteiger partial charge in [0.05, 0.1) is 28.8 Å². The molecule has 0 fully saturated rings. The van der Waals surface area contributed by atoms with Gasteiger partial charge in [-0.3, -0.25) is 0 Å². The van der Waals surface area contributed by atoms with E-state index in [2.05, 4.69) is 45.2 Å². The second-order valence-corrected chi connectivity index (χ2v) is 10.8. The van der Waals surface area contributed by atoms with Crippen LogP contribution in [-0.4, -0.2) is 26.6 Å². The molecule has 2 aliphatic rings. The highest BCUT2D eigenvalue weighted by molar-refractivity contribution is 9.10. The number of anilines is 2. The summed E-state index contributed by atoms with van der Waals surface area (Å²) in [6.07, 6.45) is 0. The number of halogens is 1. The van der Waals surface area contributed by atoms with E-state index in [1.807, 2.05) is 90.5 Å². The Morgan fingerprint density at radius 3 is 2.40 bits per heavy atom. The van der Waals surface area contributed by atoms with Crippen LogP contribution in [0.4, 0.5) is 22.9 Å². The second-order valence-electron chi connectivity index (χ2n) is 9.92. The molecule has 196 valence electrons. The molecule has 1 atom stereocenters. The fourth-order valence-corrected chi connectivity index (χ4v) is 5.74. The molecule has 40 heavy (non-hydrogen) atoms. The van der Waals surface area contributed by atoms with E-state index in [0.717, 1.165) is 44.0 Å². The van der Waals surface area contributed by atoms with E-state index < -0.39 is 6.04 Å². The first-order valence-electron chi connectivity index (χ1n) is 13.0. The first kappa shape index (κ1) is 24.4. The van der Waals surface area contributed by atoms with Crippen molar-refractivity contribution in [3.63, 3.8) is 0 Å². The number of hydrogen-bond acceptors (Lipinski definition) is 6. The Kier molecular flexibility index (Phi) is 5.78. The van der Waals surface area contributed by atoms with Crippen LogP contribution in [0.15, 0.2) is 112 Å². The van der Waals surface area contributed by atoms with Gasteiger partial charge in [-0.05, 0) is 68.4 Å². The molecule has 0 saturated carbocycles. The summed E-state index contributed by atoms with van der Waals surface area (Å²) >= 11 is 3.63. The van der Waals surface area contributed by atoms with Crippen molar-refractivity contribution in [1.82, 2.24) is 9.78 Å². The maximum atomic E-state index is 11.2. The summed E-state index contributed by atoms with van der Waals surface area (Å²) in [5.74, 6) is 2.16. The normalized spacial score (nSPS) is 15.5. The van der Waals surface area contributed by atoms with Crippen LogP contribution in [0.2, 0.25) is 0 Å². The van der Waals surface area contributed by atoms with Crippen molar-refractivity contribution in [2.24, 2.45) is 9.98 Å². The van der Waals surface area contributed by atoms with Gasteiger partial charge in [-0.1, -0.05) is 64.0 Å². The van der Waals surface area contributed by atoms with E-state index in [9.17, 15) is 5.11 Å². The van der Waals surface area contributed by atoms with E-state index >= 15 is 0 Å². The van der Waals surface area contributed by atoms with E-state index in [1.165, 1.54) is 5.56 Å². The van der Waals surface area contributed by atoms with Crippen LogP contribution >= 0.6 is 15.9 Å². The molecular weight excluding hydrogens is 564 g/mol. The summed E-state index contributed by atoms with van der Waals surface area (Å²) in [6.45, 7) is 4.06. The van der Waals surface area contributed by atoms with Gasteiger partial charge in [0.25, 0.3) is 0 Å². The lowest BCUT2D eigenvalue weighted by Gasteiger charge is -2.40. The molecule has 0 amide bonds. The standard InChI is InChI=1S/C32H25BrN6O/c1-19-12-15-22(16-13-19)34-30-32-36-31-28(20(2)37-39(31)23-8-4-3-5-9-23)29(24-18-21(33)14-17-27(24)40)38(32)26-11-7-6-10-25(26)35-30/h3-18,29,40H,1-2H3,(H,34,35)/t29-/m1/s1. The molecule has 4 aromatic carbocycles. The SMILES string of the molecule is Cc1ccc(NC2=Nc3ccccc3N3C2=Nc2c(c(C)nn2-c2ccccc2)[C@H]3c2cc(Br)ccc2O)cc1. The van der Waals surface area contributed by atoms with Gasteiger partial charge >= 0.3 is 0 Å². The fraction of sp³-hybridized carbons (Fsp3) is 0.0938. The number of fused-ring (bicyclic) bond motifs is 4. The van der Waals surface area contributed by atoms with Gasteiger partial charge in [0.2, 0.25) is 0 Å². The minimum atomic E-state index is -0.413. The molecule has 5 aromatic rings. The van der Waals surface area contributed by atoms with E-state index in [1.54, 1.807) is 6.07 Å². The summed E-state index contributed by atoms with van der Waals surface area (Å²) < 4.78 is 2.75. The number of nitrogens with one attached hydrogen (secondary N) is 1. The molecule has 8 heteroatoms. The van der Waals surface area contributed by atoms with E-state index in [0.29, 0.717) is 17.5 Å². The van der Waals surface area contributed by atoms with Crippen LogP contribution in [0, 0.1) is 13.8 Å². The average Bonchev–Trinajstić information content (AvgIpc) is 3.31. The van der Waals surface area contributed by atoms with Gasteiger partial charge in [-0.15, -0.1) is 0 Å². The number of aryl methyl sites for hydroxylation is 2. The topological polar surface area (TPSA) is 78.0 Å². The Morgan fingerprint density at radius 1 is 0.850 bits per heavy atom. The predicted molar refractivity (Wildman–Crippen MR) is 164 cm³/mol. The van der Waals surface area contributed by atoms with Gasteiger partial charge in [-0.25, -0.2) is 14.7 Å². The van der Waals surface area contributed by atoms with Gasteiger partial charge in [0.15, 0.2) is 17.5 Å². The third-order valence-electron chi connectivity index (χ3n) is 7.24. The number of aromatic hydroxyl groups is 1. The van der Waals surface area contributed by atoms with Crippen LogP contribution in [0.5, 0.6) is 5.75 Å². The molecule has 0 radical (unpaired) electrons. The molecule has 0 spiro atoms. The number of rotatable bonds is 3.